The Balaban J connectivity index is 0. The number of hydrogen-bond donors (Lipinski definition) is 0. The van der Waals surface area contributed by atoms with E-state index in [0.717, 1.165) is 5.69 Å². The summed E-state index contributed by atoms with van der Waals surface area (Å²) in [7, 11) is 0. The van der Waals surface area contributed by atoms with E-state index in [1.165, 1.54) is 0 Å². The molecule has 1 heterocycles. The van der Waals surface area contributed by atoms with E-state index in [9.17, 15) is 0 Å². The minimum absolute atomic E-state index is 0. The van der Waals surface area contributed by atoms with Gasteiger partial charge in [0, 0.05) is 49.9 Å². The summed E-state index contributed by atoms with van der Waals surface area (Å²) in [6.07, 6.45) is 1.86. The minimum Gasteiger partial charge on any atom is -1.00 e. The fraction of sp³-hybridized carbons (Fsp3) is 0.167. The Kier molecular flexibility index (Phi) is 11.9. The fourth-order valence-corrected chi connectivity index (χ4v) is 0.680. The molecule has 0 saturated carbocycles. The number of aromatic nitrogens is 1. The molecule has 0 saturated heterocycles. The molecule has 0 bridgehead atoms. The first-order valence-electron chi connectivity index (χ1n) is 2.45. The zero-order valence-corrected chi connectivity index (χ0v) is 8.75. The number of alkyl halides is 1. The molecule has 1 rings (SSSR count). The molecule has 58 valence electrons. The van der Waals surface area contributed by atoms with Gasteiger partial charge in [-0.3, -0.25) is 0 Å². The Labute approximate surface area is 113 Å². The number of halogens is 2. The van der Waals surface area contributed by atoms with Gasteiger partial charge in [0.25, 0.3) is 0 Å². The summed E-state index contributed by atoms with van der Waals surface area (Å²) in [6.45, 7) is 0. The number of H-pyrrole nitrogens is 1. The van der Waals surface area contributed by atoms with Gasteiger partial charge in [-0.15, -0.1) is 11.6 Å². The maximum absolute atomic E-state index is 5.50. The summed E-state index contributed by atoms with van der Waals surface area (Å²) < 4.78 is 0. The number of aromatic amines is 1. The van der Waals surface area contributed by atoms with Crippen LogP contribution in [0.15, 0.2) is 24.4 Å². The summed E-state index contributed by atoms with van der Waals surface area (Å²) in [5.41, 5.74) is 1.05. The predicted octanol–water partition coefficient (Wildman–Crippen LogP) is -1.76. The van der Waals surface area contributed by atoms with Gasteiger partial charge >= 0.3 is 0 Å². The summed E-state index contributed by atoms with van der Waals surface area (Å²) in [5.74, 6) is 0.556. The monoisotopic (exact) mass is 295 g/mol. The van der Waals surface area contributed by atoms with E-state index in [1.54, 1.807) is 0 Å². The molecule has 0 aliphatic carbocycles. The molecule has 4 heteroatoms. The Morgan fingerprint density at radius 1 is 1.40 bits per heavy atom. The van der Waals surface area contributed by atoms with Crippen molar-refractivity contribution in [3.8, 4) is 0 Å². The third kappa shape index (κ3) is 5.13. The molecule has 1 N–H and O–H groups in total. The Morgan fingerprint density at radius 2 is 2.10 bits per heavy atom. The van der Waals surface area contributed by atoms with Crippen LogP contribution in [0.2, 0.25) is 0 Å². The van der Waals surface area contributed by atoms with Crippen molar-refractivity contribution in [3.63, 3.8) is 0 Å². The first-order chi connectivity index (χ1) is 3.93. The molecule has 0 aromatic carbocycles. The molecule has 1 aromatic heterocycles. The van der Waals surface area contributed by atoms with E-state index in [2.05, 4.69) is 4.98 Å². The molecule has 0 spiro atoms. The van der Waals surface area contributed by atoms with E-state index < -0.39 is 0 Å². The van der Waals surface area contributed by atoms with Gasteiger partial charge in [-0.1, -0.05) is 6.07 Å². The maximum Gasteiger partial charge on any atom is 0.194 e. The standard InChI is InChI=1S/C6H6ClN.Ar.HI/c7-5-6-3-1-2-4-8-6;;/h1-4H,5H2;;1H. The second-order valence-corrected chi connectivity index (χ2v) is 1.79. The van der Waals surface area contributed by atoms with Crippen molar-refractivity contribution in [2.75, 3.05) is 0 Å². The number of hydrogen-bond acceptors (Lipinski definition) is 0. The van der Waals surface area contributed by atoms with Crippen LogP contribution < -0.4 is 29.0 Å². The van der Waals surface area contributed by atoms with E-state index >= 15 is 0 Å². The van der Waals surface area contributed by atoms with Crippen molar-refractivity contribution in [3.05, 3.63) is 30.1 Å². The summed E-state index contributed by atoms with van der Waals surface area (Å²) in [6, 6.07) is 5.83. The van der Waals surface area contributed by atoms with Crippen LogP contribution in [-0.2, 0) is 5.88 Å². The second-order valence-electron chi connectivity index (χ2n) is 1.52. The van der Waals surface area contributed by atoms with Crippen LogP contribution in [0.1, 0.15) is 5.69 Å². The topological polar surface area (TPSA) is 14.1 Å². The summed E-state index contributed by atoms with van der Waals surface area (Å²) in [4.78, 5) is 2.99. The second kappa shape index (κ2) is 8.53. The molecule has 0 fully saturated rings. The predicted molar refractivity (Wildman–Crippen MR) is 32.6 cm³/mol. The van der Waals surface area contributed by atoms with E-state index in [4.69, 9.17) is 11.6 Å². The zero-order chi connectivity index (χ0) is 5.82. The van der Waals surface area contributed by atoms with E-state index in [-0.39, 0.29) is 61.7 Å². The van der Waals surface area contributed by atoms with Crippen LogP contribution in [0.25, 0.3) is 0 Å². The molecule has 0 aliphatic heterocycles. The molecular weight excluding hydrogens is 288 g/mol. The SMILES string of the molecule is ClCc1cccc[nH+]1.[Ar].[I-]. The van der Waals surface area contributed by atoms with Gasteiger partial charge in [-0.25, -0.2) is 4.98 Å². The van der Waals surface area contributed by atoms with E-state index in [1.807, 2.05) is 24.4 Å². The van der Waals surface area contributed by atoms with Gasteiger partial charge in [-0.05, 0) is 0 Å². The molecule has 0 aliphatic rings. The van der Waals surface area contributed by atoms with Crippen LogP contribution in [0, 0.1) is 37.7 Å². The third-order valence-corrected chi connectivity index (χ3v) is 1.21. The number of rotatable bonds is 1. The molecule has 1 aromatic rings. The average molecular weight is 295 g/mol. The van der Waals surface area contributed by atoms with Crippen molar-refractivity contribution in [2.45, 2.75) is 5.88 Å². The van der Waals surface area contributed by atoms with Crippen LogP contribution in [0.5, 0.6) is 0 Å². The van der Waals surface area contributed by atoms with Gasteiger partial charge in [0.05, 0.1) is 0 Å². The molecule has 0 unspecified atom stereocenters. The molecule has 0 radical (unpaired) electrons. The molecule has 1 nitrogen and oxygen atoms in total. The normalized spacial score (nSPS) is 7.30. The van der Waals surface area contributed by atoms with Crippen molar-refractivity contribution >= 4 is 11.6 Å². The van der Waals surface area contributed by atoms with Crippen LogP contribution in [0.4, 0.5) is 0 Å². The summed E-state index contributed by atoms with van der Waals surface area (Å²) >= 11 is 5.50. The van der Waals surface area contributed by atoms with Crippen LogP contribution in [-0.4, -0.2) is 0 Å². The molecule has 0 atom stereocenters. The Bertz CT molecular complexity index is 159. The molecule has 10 heavy (non-hydrogen) atoms. The zero-order valence-electron chi connectivity index (χ0n) is 5.13. The molecule has 0 amide bonds. The largest absolute Gasteiger partial charge is 1.00 e. The average Bonchev–Trinajstić information content (AvgIpc) is 1.90. The van der Waals surface area contributed by atoms with Gasteiger partial charge in [0.1, 0.15) is 5.88 Å². The van der Waals surface area contributed by atoms with Crippen LogP contribution >= 0.6 is 11.6 Å². The molecular formula is C6H7ArClIN. The van der Waals surface area contributed by atoms with Crippen molar-refractivity contribution in [1.82, 2.24) is 0 Å². The van der Waals surface area contributed by atoms with Crippen LogP contribution in [0.3, 0.4) is 0 Å². The quantitative estimate of drug-likeness (QED) is 0.431. The van der Waals surface area contributed by atoms with Crippen molar-refractivity contribution in [1.29, 1.82) is 0 Å². The first kappa shape index (κ1) is 14.0. The van der Waals surface area contributed by atoms with Gasteiger partial charge in [-0.2, -0.15) is 0 Å². The number of nitrogens with one attached hydrogen (secondary N) is 1. The number of pyridine rings is 1. The smallest absolute Gasteiger partial charge is 0.194 e. The summed E-state index contributed by atoms with van der Waals surface area (Å²) in [5, 5.41) is 0. The Hall–Kier alpha value is 1.43. The first-order valence-corrected chi connectivity index (χ1v) is 2.98. The van der Waals surface area contributed by atoms with E-state index in [0.29, 0.717) is 5.88 Å². The van der Waals surface area contributed by atoms with Gasteiger partial charge in [0.15, 0.2) is 11.9 Å². The van der Waals surface area contributed by atoms with Gasteiger partial charge < -0.3 is 24.0 Å². The third-order valence-electron chi connectivity index (χ3n) is 0.917. The fourth-order valence-electron chi connectivity index (χ4n) is 0.514. The Morgan fingerprint density at radius 3 is 2.40 bits per heavy atom. The van der Waals surface area contributed by atoms with Gasteiger partial charge in [0.2, 0.25) is 0 Å². The van der Waals surface area contributed by atoms with Crippen molar-refractivity contribution < 1.29 is 66.7 Å². The minimum atomic E-state index is 0. The maximum atomic E-state index is 5.50. The van der Waals surface area contributed by atoms with Crippen molar-refractivity contribution in [2.24, 2.45) is 0 Å².